The fraction of sp³-hybridized carbons (Fsp3) is 0.286. The van der Waals surface area contributed by atoms with Gasteiger partial charge in [0.05, 0.1) is 12.2 Å². The second-order valence-electron chi connectivity index (χ2n) is 4.66. The van der Waals surface area contributed by atoms with E-state index < -0.39 is 17.2 Å². The fourth-order valence-electron chi connectivity index (χ4n) is 1.85. The predicted octanol–water partition coefficient (Wildman–Crippen LogP) is 0.293. The lowest BCUT2D eigenvalue weighted by molar-refractivity contribution is 0.0781. The van der Waals surface area contributed by atoms with E-state index in [1.165, 1.54) is 4.90 Å². The van der Waals surface area contributed by atoms with Crippen LogP contribution in [-0.4, -0.2) is 32.8 Å². The van der Waals surface area contributed by atoms with Gasteiger partial charge in [-0.05, 0) is 18.1 Å². The topological polar surface area (TPSA) is 98.9 Å². The third kappa shape index (κ3) is 3.44. The van der Waals surface area contributed by atoms with Gasteiger partial charge in [-0.15, -0.1) is 0 Å². The highest BCUT2D eigenvalue weighted by molar-refractivity contribution is 5.93. The van der Waals surface area contributed by atoms with Crippen LogP contribution in [0.4, 0.5) is 0 Å². The number of aryl methyl sites for hydroxylation is 1. The molecule has 0 radical (unpaired) electrons. The smallest absolute Gasteiger partial charge is 0.325 e. The zero-order valence-electron chi connectivity index (χ0n) is 11.8. The van der Waals surface area contributed by atoms with Crippen LogP contribution < -0.4 is 11.2 Å². The van der Waals surface area contributed by atoms with Gasteiger partial charge in [-0.2, -0.15) is 0 Å². The summed E-state index contributed by atoms with van der Waals surface area (Å²) in [7, 11) is 1.57. The van der Waals surface area contributed by atoms with Crippen LogP contribution in [0, 0.1) is 0 Å². The Labute approximate surface area is 120 Å². The van der Waals surface area contributed by atoms with E-state index in [1.54, 1.807) is 13.2 Å². The van der Waals surface area contributed by atoms with Gasteiger partial charge in [-0.25, -0.2) is 4.79 Å². The van der Waals surface area contributed by atoms with Crippen molar-refractivity contribution in [1.82, 2.24) is 19.9 Å². The molecule has 0 saturated carbocycles. The number of hydrogen-bond donors (Lipinski definition) is 2. The van der Waals surface area contributed by atoms with Crippen LogP contribution >= 0.6 is 0 Å². The van der Waals surface area contributed by atoms with Gasteiger partial charge in [0.25, 0.3) is 11.5 Å². The first-order valence-corrected chi connectivity index (χ1v) is 6.52. The maximum Gasteiger partial charge on any atom is 0.325 e. The molecule has 0 bridgehead atoms. The first-order chi connectivity index (χ1) is 10.0. The highest BCUT2D eigenvalue weighted by Crippen LogP contribution is 2.05. The summed E-state index contributed by atoms with van der Waals surface area (Å²) in [6.45, 7) is 2.32. The Morgan fingerprint density at radius 2 is 2.10 bits per heavy atom. The highest BCUT2D eigenvalue weighted by Gasteiger charge is 2.16. The molecule has 2 heterocycles. The van der Waals surface area contributed by atoms with Gasteiger partial charge in [0.15, 0.2) is 0 Å². The van der Waals surface area contributed by atoms with Gasteiger partial charge in [-0.1, -0.05) is 13.0 Å². The lowest BCUT2D eigenvalue weighted by atomic mass is 10.2. The van der Waals surface area contributed by atoms with E-state index in [1.807, 2.05) is 24.0 Å². The summed E-state index contributed by atoms with van der Waals surface area (Å²) in [6, 6.07) is 3.80. The molecule has 0 aliphatic heterocycles. The van der Waals surface area contributed by atoms with Crippen LogP contribution in [0.5, 0.6) is 0 Å². The Morgan fingerprint density at radius 3 is 2.67 bits per heavy atom. The number of carbonyl (C=O) groups is 1. The molecule has 0 unspecified atom stereocenters. The maximum absolute atomic E-state index is 12.2. The van der Waals surface area contributed by atoms with Gasteiger partial charge in [0, 0.05) is 19.4 Å². The lowest BCUT2D eigenvalue weighted by Gasteiger charge is -2.16. The van der Waals surface area contributed by atoms with Gasteiger partial charge in [0.2, 0.25) is 0 Å². The van der Waals surface area contributed by atoms with Crippen LogP contribution in [0.15, 0.2) is 34.1 Å². The molecule has 2 rings (SSSR count). The standard InChI is InChI=1S/C14H16N4O3/c1-3-9-4-5-10(15-6-9)8-18(2)13(20)11-7-16-14(21)17-12(11)19/h4-7H,3,8H2,1-2H3,(H2,16,17,19,21). The molecule has 0 saturated heterocycles. The molecule has 0 aromatic carbocycles. The quantitative estimate of drug-likeness (QED) is 0.844. The van der Waals surface area contributed by atoms with Gasteiger partial charge < -0.3 is 9.88 Å². The van der Waals surface area contributed by atoms with Crippen molar-refractivity contribution in [2.75, 3.05) is 7.05 Å². The van der Waals surface area contributed by atoms with E-state index >= 15 is 0 Å². The molecule has 0 spiro atoms. The molecule has 2 N–H and O–H groups in total. The number of carbonyl (C=O) groups excluding carboxylic acids is 1. The normalized spacial score (nSPS) is 10.4. The molecule has 1 amide bonds. The Hall–Kier alpha value is -2.70. The zero-order chi connectivity index (χ0) is 15.4. The number of H-pyrrole nitrogens is 2. The number of nitrogens with one attached hydrogen (secondary N) is 2. The largest absolute Gasteiger partial charge is 0.336 e. The lowest BCUT2D eigenvalue weighted by Crippen LogP contribution is -2.34. The van der Waals surface area contributed by atoms with Gasteiger partial charge in [0.1, 0.15) is 5.56 Å². The number of rotatable bonds is 4. The third-order valence-corrected chi connectivity index (χ3v) is 3.09. The predicted molar refractivity (Wildman–Crippen MR) is 77.1 cm³/mol. The monoisotopic (exact) mass is 288 g/mol. The SMILES string of the molecule is CCc1ccc(CN(C)C(=O)c2c[nH]c(=O)[nH]c2=O)nc1. The molecule has 7 heteroatoms. The van der Waals surface area contributed by atoms with E-state index in [2.05, 4.69) is 9.97 Å². The molecule has 7 nitrogen and oxygen atoms in total. The molecule has 2 aromatic rings. The summed E-state index contributed by atoms with van der Waals surface area (Å²) in [5.41, 5.74) is 0.386. The molecular formula is C14H16N4O3. The minimum absolute atomic E-state index is 0.109. The molecule has 110 valence electrons. The summed E-state index contributed by atoms with van der Waals surface area (Å²) in [6.07, 6.45) is 3.78. The summed E-state index contributed by atoms with van der Waals surface area (Å²) >= 11 is 0. The molecule has 0 aliphatic rings. The van der Waals surface area contributed by atoms with Gasteiger partial charge >= 0.3 is 5.69 Å². The minimum Gasteiger partial charge on any atom is -0.336 e. The summed E-state index contributed by atoms with van der Waals surface area (Å²) < 4.78 is 0. The Balaban J connectivity index is 2.15. The van der Waals surface area contributed by atoms with Crippen molar-refractivity contribution in [3.8, 4) is 0 Å². The molecule has 0 fully saturated rings. The van der Waals surface area contributed by atoms with Crippen molar-refractivity contribution in [3.63, 3.8) is 0 Å². The van der Waals surface area contributed by atoms with Crippen molar-refractivity contribution >= 4 is 5.91 Å². The second kappa shape index (κ2) is 6.17. The summed E-state index contributed by atoms with van der Waals surface area (Å²) in [4.78, 5) is 44.6. The molecular weight excluding hydrogens is 272 g/mol. The highest BCUT2D eigenvalue weighted by atomic mass is 16.2. The number of nitrogens with zero attached hydrogens (tertiary/aromatic N) is 2. The van der Waals surface area contributed by atoms with Crippen molar-refractivity contribution in [3.05, 3.63) is 62.2 Å². The van der Waals surface area contributed by atoms with Crippen molar-refractivity contribution in [2.24, 2.45) is 0 Å². The van der Waals surface area contributed by atoms with Crippen LogP contribution in [0.2, 0.25) is 0 Å². The molecule has 2 aromatic heterocycles. The average Bonchev–Trinajstić information content (AvgIpc) is 2.47. The molecule has 21 heavy (non-hydrogen) atoms. The van der Waals surface area contributed by atoms with Crippen molar-refractivity contribution in [1.29, 1.82) is 0 Å². The molecule has 0 atom stereocenters. The van der Waals surface area contributed by atoms with E-state index in [0.717, 1.165) is 23.9 Å². The fourth-order valence-corrected chi connectivity index (χ4v) is 1.85. The Morgan fingerprint density at radius 1 is 1.33 bits per heavy atom. The van der Waals surface area contributed by atoms with E-state index in [9.17, 15) is 14.4 Å². The first kappa shape index (κ1) is 14.7. The van der Waals surface area contributed by atoms with Crippen LogP contribution in [0.3, 0.4) is 0 Å². The van der Waals surface area contributed by atoms with Crippen molar-refractivity contribution < 1.29 is 4.79 Å². The summed E-state index contributed by atoms with van der Waals surface area (Å²) in [5, 5.41) is 0. The van der Waals surface area contributed by atoms with E-state index in [0.29, 0.717) is 0 Å². The van der Waals surface area contributed by atoms with Crippen LogP contribution in [-0.2, 0) is 13.0 Å². The second-order valence-corrected chi connectivity index (χ2v) is 4.66. The van der Waals surface area contributed by atoms with Crippen molar-refractivity contribution in [2.45, 2.75) is 19.9 Å². The molecule has 0 aliphatic carbocycles. The number of aromatic nitrogens is 3. The van der Waals surface area contributed by atoms with Crippen LogP contribution in [0.1, 0.15) is 28.5 Å². The van der Waals surface area contributed by atoms with Crippen LogP contribution in [0.25, 0.3) is 0 Å². The maximum atomic E-state index is 12.2. The Kier molecular flexibility index (Phi) is 4.32. The summed E-state index contributed by atoms with van der Waals surface area (Å²) in [5.74, 6) is -0.478. The third-order valence-electron chi connectivity index (χ3n) is 3.09. The number of pyridine rings is 1. The Bertz CT molecular complexity index is 746. The number of aromatic amines is 2. The average molecular weight is 288 g/mol. The number of hydrogen-bond acceptors (Lipinski definition) is 4. The number of amides is 1. The van der Waals surface area contributed by atoms with E-state index in [4.69, 9.17) is 0 Å². The van der Waals surface area contributed by atoms with E-state index in [-0.39, 0.29) is 12.1 Å². The zero-order valence-corrected chi connectivity index (χ0v) is 11.8. The van der Waals surface area contributed by atoms with Gasteiger partial charge in [-0.3, -0.25) is 19.6 Å². The first-order valence-electron chi connectivity index (χ1n) is 6.52. The minimum atomic E-state index is -0.704.